The number of hydrogen-bond donors (Lipinski definition) is 1. The van der Waals surface area contributed by atoms with Gasteiger partial charge >= 0.3 is 0 Å². The number of allylic oxidation sites excluding steroid dienone is 1. The molecule has 0 spiro atoms. The number of nitrogens with one attached hydrogen (secondary N) is 1. The smallest absolute Gasteiger partial charge is 0.243 e. The Morgan fingerprint density at radius 3 is 2.78 bits per heavy atom. The van der Waals surface area contributed by atoms with Gasteiger partial charge in [-0.25, -0.2) is 0 Å². The van der Waals surface area contributed by atoms with Gasteiger partial charge in [0.25, 0.3) is 0 Å². The number of carbonyl (C=O) groups is 2. The Balaban J connectivity index is 1.70. The van der Waals surface area contributed by atoms with Crippen LogP contribution in [-0.2, 0) is 9.59 Å². The van der Waals surface area contributed by atoms with Crippen LogP contribution in [0.3, 0.4) is 0 Å². The Bertz CT molecular complexity index is 488. The van der Waals surface area contributed by atoms with Crippen LogP contribution in [0.4, 0.5) is 0 Å². The van der Waals surface area contributed by atoms with E-state index in [4.69, 9.17) is 0 Å². The minimum absolute atomic E-state index is 0.0626. The van der Waals surface area contributed by atoms with Crippen molar-refractivity contribution in [3.8, 4) is 0 Å². The molecule has 1 saturated heterocycles. The maximum Gasteiger partial charge on any atom is 0.243 e. The van der Waals surface area contributed by atoms with Crippen LogP contribution in [0.2, 0.25) is 0 Å². The third-order valence-corrected chi connectivity index (χ3v) is 5.58. The van der Waals surface area contributed by atoms with Crippen molar-refractivity contribution in [3.05, 3.63) is 12.2 Å². The Morgan fingerprint density at radius 2 is 1.96 bits per heavy atom. The van der Waals surface area contributed by atoms with Crippen molar-refractivity contribution in [2.75, 3.05) is 6.54 Å². The van der Waals surface area contributed by atoms with Gasteiger partial charge in [0.1, 0.15) is 6.04 Å². The fourth-order valence-electron chi connectivity index (χ4n) is 4.17. The highest BCUT2D eigenvalue weighted by molar-refractivity contribution is 5.88. The van der Waals surface area contributed by atoms with E-state index in [-0.39, 0.29) is 23.9 Å². The highest BCUT2D eigenvalue weighted by Crippen LogP contribution is 2.33. The van der Waals surface area contributed by atoms with Gasteiger partial charge in [0.05, 0.1) is 0 Å². The minimum Gasteiger partial charge on any atom is -0.351 e. The van der Waals surface area contributed by atoms with Gasteiger partial charge in [0.2, 0.25) is 11.8 Å². The second-order valence-electron chi connectivity index (χ2n) is 7.92. The summed E-state index contributed by atoms with van der Waals surface area (Å²) < 4.78 is 0. The fraction of sp³-hybridized carbons (Fsp3) is 0.789. The molecule has 0 aromatic carbocycles. The topological polar surface area (TPSA) is 49.4 Å². The molecule has 0 aromatic rings. The predicted molar refractivity (Wildman–Crippen MR) is 90.7 cm³/mol. The Hall–Kier alpha value is -1.32. The van der Waals surface area contributed by atoms with E-state index in [2.05, 4.69) is 31.3 Å². The molecule has 2 fully saturated rings. The second-order valence-corrected chi connectivity index (χ2v) is 7.92. The lowest BCUT2D eigenvalue weighted by molar-refractivity contribution is -0.139. The highest BCUT2D eigenvalue weighted by atomic mass is 16.2. The molecule has 1 aliphatic carbocycles. The van der Waals surface area contributed by atoms with Gasteiger partial charge < -0.3 is 10.2 Å². The van der Waals surface area contributed by atoms with Gasteiger partial charge in [-0.3, -0.25) is 9.59 Å². The third kappa shape index (κ3) is 4.15. The molecule has 5 atom stereocenters. The van der Waals surface area contributed by atoms with Crippen LogP contribution < -0.4 is 5.32 Å². The third-order valence-electron chi connectivity index (χ3n) is 5.58. The molecule has 4 unspecified atom stereocenters. The van der Waals surface area contributed by atoms with Gasteiger partial charge in [0.15, 0.2) is 0 Å². The molecule has 2 aliphatic heterocycles. The van der Waals surface area contributed by atoms with E-state index in [1.807, 2.05) is 4.90 Å². The van der Waals surface area contributed by atoms with E-state index in [0.717, 1.165) is 38.6 Å². The van der Waals surface area contributed by atoms with Gasteiger partial charge in [-0.15, -0.1) is 0 Å². The van der Waals surface area contributed by atoms with E-state index in [1.165, 1.54) is 6.42 Å². The van der Waals surface area contributed by atoms with Crippen molar-refractivity contribution in [2.45, 2.75) is 70.9 Å². The number of carbonyl (C=O) groups excluding carboxylic acids is 2. The van der Waals surface area contributed by atoms with Gasteiger partial charge in [0, 0.05) is 19.0 Å². The summed E-state index contributed by atoms with van der Waals surface area (Å²) in [6.07, 6.45) is 11.3. The summed E-state index contributed by atoms with van der Waals surface area (Å²) in [5, 5.41) is 3.15. The molecule has 4 nitrogen and oxygen atoms in total. The average Bonchev–Trinajstić information content (AvgIpc) is 3.02. The summed E-state index contributed by atoms with van der Waals surface area (Å²) in [6, 6.07) is 0.0558. The lowest BCUT2D eigenvalue weighted by Gasteiger charge is -2.26. The molecule has 0 radical (unpaired) electrons. The molecule has 2 heterocycles. The quantitative estimate of drug-likeness (QED) is 0.698. The van der Waals surface area contributed by atoms with Crippen molar-refractivity contribution >= 4 is 11.8 Å². The predicted octanol–water partition coefficient (Wildman–Crippen LogP) is 2.88. The molecular weight excluding hydrogens is 288 g/mol. The molecule has 128 valence electrons. The van der Waals surface area contributed by atoms with Crippen molar-refractivity contribution in [1.82, 2.24) is 10.2 Å². The molecule has 23 heavy (non-hydrogen) atoms. The maximum atomic E-state index is 12.6. The summed E-state index contributed by atoms with van der Waals surface area (Å²) in [7, 11) is 0. The zero-order valence-corrected chi connectivity index (χ0v) is 14.5. The number of hydrogen-bond acceptors (Lipinski definition) is 2. The summed E-state index contributed by atoms with van der Waals surface area (Å²) in [5.41, 5.74) is 0. The monoisotopic (exact) mass is 318 g/mol. The molecule has 1 saturated carbocycles. The van der Waals surface area contributed by atoms with Crippen molar-refractivity contribution in [2.24, 2.45) is 17.8 Å². The Labute approximate surface area is 139 Å². The number of amides is 2. The van der Waals surface area contributed by atoms with Gasteiger partial charge in [-0.2, -0.15) is 0 Å². The molecule has 2 amide bonds. The van der Waals surface area contributed by atoms with E-state index in [9.17, 15) is 9.59 Å². The normalized spacial score (nSPS) is 40.4. The first-order chi connectivity index (χ1) is 11.0. The zero-order valence-electron chi connectivity index (χ0n) is 14.5. The van der Waals surface area contributed by atoms with Crippen molar-refractivity contribution in [1.29, 1.82) is 0 Å². The highest BCUT2D eigenvalue weighted by Gasteiger charge is 2.40. The largest absolute Gasteiger partial charge is 0.351 e. The van der Waals surface area contributed by atoms with Crippen LogP contribution in [-0.4, -0.2) is 35.3 Å². The van der Waals surface area contributed by atoms with E-state index in [0.29, 0.717) is 24.2 Å². The molecule has 0 aromatic heterocycles. The lowest BCUT2D eigenvalue weighted by atomic mass is 9.91. The number of rotatable bonds is 0. The first-order valence-corrected chi connectivity index (χ1v) is 9.31. The van der Waals surface area contributed by atoms with Crippen LogP contribution in [0.1, 0.15) is 58.8 Å². The SMILES string of the molecule is CC1CC/C=C\[C@@H]2CC2NC(=O)C2CCCN2C(=O)CC(C)C1. The van der Waals surface area contributed by atoms with Crippen LogP contribution in [0.5, 0.6) is 0 Å². The van der Waals surface area contributed by atoms with Crippen molar-refractivity contribution < 1.29 is 9.59 Å². The second kappa shape index (κ2) is 7.06. The molecule has 3 aliphatic rings. The standard InChI is InChI=1S/C19H30N2O2/c1-13-6-3-4-7-15-12-16(15)20-19(23)17-8-5-9-21(17)18(22)11-14(2)10-13/h4,7,13-17H,3,5-6,8-12H2,1-2H3,(H,20,23)/b7-4-/t13?,14?,15-,16?,17?/m1/s1. The minimum atomic E-state index is -0.234. The fourth-order valence-corrected chi connectivity index (χ4v) is 4.17. The van der Waals surface area contributed by atoms with Crippen LogP contribution in [0.15, 0.2) is 12.2 Å². The maximum absolute atomic E-state index is 12.6. The first kappa shape index (κ1) is 16.5. The lowest BCUT2D eigenvalue weighted by Crippen LogP contribution is -2.47. The number of nitrogens with zero attached hydrogens (tertiary/aromatic N) is 1. The zero-order chi connectivity index (χ0) is 16.4. The molecule has 1 N–H and O–H groups in total. The number of fused-ring (bicyclic) bond motifs is 2. The molecule has 3 rings (SSSR count). The molecule has 0 bridgehead atoms. The van der Waals surface area contributed by atoms with Crippen LogP contribution >= 0.6 is 0 Å². The van der Waals surface area contributed by atoms with Crippen LogP contribution in [0.25, 0.3) is 0 Å². The Morgan fingerprint density at radius 1 is 1.13 bits per heavy atom. The van der Waals surface area contributed by atoms with E-state index >= 15 is 0 Å². The average molecular weight is 318 g/mol. The van der Waals surface area contributed by atoms with Crippen LogP contribution in [0, 0.1) is 17.8 Å². The summed E-state index contributed by atoms with van der Waals surface area (Å²) in [5.74, 6) is 1.78. The van der Waals surface area contributed by atoms with Crippen molar-refractivity contribution in [3.63, 3.8) is 0 Å². The van der Waals surface area contributed by atoms with E-state index in [1.54, 1.807) is 0 Å². The van der Waals surface area contributed by atoms with E-state index < -0.39 is 0 Å². The summed E-state index contributed by atoms with van der Waals surface area (Å²) in [6.45, 7) is 5.20. The van der Waals surface area contributed by atoms with Gasteiger partial charge in [-0.05, 0) is 56.3 Å². The molecule has 4 heteroatoms. The Kier molecular flexibility index (Phi) is 5.08. The molecular formula is C19H30N2O2. The summed E-state index contributed by atoms with van der Waals surface area (Å²) >= 11 is 0. The summed E-state index contributed by atoms with van der Waals surface area (Å²) in [4.78, 5) is 27.0. The van der Waals surface area contributed by atoms with Gasteiger partial charge in [-0.1, -0.05) is 26.0 Å². The first-order valence-electron chi connectivity index (χ1n) is 9.31.